The average Bonchev–Trinajstić information content (AvgIpc) is 3.40. The molecule has 0 saturated carbocycles. The maximum absolute atomic E-state index is 10.7. The molecule has 0 bridgehead atoms. The number of rotatable bonds is 3. The second kappa shape index (κ2) is 10.5. The van der Waals surface area contributed by atoms with Gasteiger partial charge in [-0.3, -0.25) is 4.55 Å². The normalized spacial score (nSPS) is 19.2. The molecule has 2 saturated heterocycles. The monoisotopic (exact) mass is 545 g/mol. The van der Waals surface area contributed by atoms with Gasteiger partial charge in [-0.1, -0.05) is 89.0 Å². The lowest BCUT2D eigenvalue weighted by molar-refractivity contribution is -0.0510. The third-order valence-corrected chi connectivity index (χ3v) is 7.63. The van der Waals surface area contributed by atoms with Gasteiger partial charge in [-0.25, -0.2) is 0 Å². The molecule has 1 N–H and O–H groups in total. The van der Waals surface area contributed by atoms with Gasteiger partial charge < -0.3 is 9.47 Å². The van der Waals surface area contributed by atoms with E-state index in [4.69, 9.17) is 17.6 Å². The number of aryl methyl sites for hydroxylation is 4. The first-order valence-corrected chi connectivity index (χ1v) is 13.9. The van der Waals surface area contributed by atoms with Gasteiger partial charge in [0.05, 0.1) is 0 Å². The number of hydrogen-bond donors (Lipinski definition) is 1. The first-order chi connectivity index (χ1) is 17.7. The van der Waals surface area contributed by atoms with Gasteiger partial charge in [-0.15, -0.1) is 0 Å². The smallest absolute Gasteiger partial charge is 0.402 e. The molecule has 202 valence electrons. The van der Waals surface area contributed by atoms with Crippen molar-refractivity contribution < 1.29 is 30.8 Å². The maximum atomic E-state index is 10.7. The molecule has 0 unspecified atom stereocenters. The minimum absolute atomic E-state index is 0.0136. The summed E-state index contributed by atoms with van der Waals surface area (Å²) in [6.45, 7) is 9.87. The quantitative estimate of drug-likeness (QED) is 0.270. The van der Waals surface area contributed by atoms with Gasteiger partial charge in [-0.2, -0.15) is 21.6 Å². The van der Waals surface area contributed by atoms with Crippen LogP contribution in [0.5, 0.6) is 0 Å². The van der Waals surface area contributed by atoms with Crippen LogP contribution < -0.4 is 5.46 Å². The van der Waals surface area contributed by atoms with Crippen LogP contribution in [0.15, 0.2) is 66.7 Å². The fourth-order valence-corrected chi connectivity index (χ4v) is 5.77. The summed E-state index contributed by atoms with van der Waals surface area (Å²) in [5, 5.41) is 0. The second-order valence-corrected chi connectivity index (χ2v) is 11.6. The van der Waals surface area contributed by atoms with E-state index >= 15 is 0 Å². The lowest BCUT2D eigenvalue weighted by Gasteiger charge is -2.37. The van der Waals surface area contributed by atoms with Gasteiger partial charge >= 0.3 is 22.7 Å². The maximum Gasteiger partial charge on any atom is 0.522 e. The molecule has 0 aliphatic carbocycles. The van der Waals surface area contributed by atoms with Gasteiger partial charge in [0, 0.05) is 6.04 Å². The van der Waals surface area contributed by atoms with Crippen molar-refractivity contribution in [1.82, 2.24) is 4.81 Å². The Balaban J connectivity index is 0.000000368. The fraction of sp³-hybridized carbons (Fsp3) is 0.357. The van der Waals surface area contributed by atoms with Crippen LogP contribution >= 0.6 is 0 Å². The molecule has 3 aromatic carbocycles. The van der Waals surface area contributed by atoms with E-state index < -0.39 is 21.2 Å². The topological polar surface area (TPSA) is 66.8 Å². The predicted molar refractivity (Wildman–Crippen MR) is 143 cm³/mol. The zero-order valence-electron chi connectivity index (χ0n) is 21.8. The highest BCUT2D eigenvalue weighted by Gasteiger charge is 2.59. The van der Waals surface area contributed by atoms with Crippen molar-refractivity contribution in [1.29, 1.82) is 0 Å². The molecule has 3 aromatic rings. The summed E-state index contributed by atoms with van der Waals surface area (Å²) in [6.07, 6.45) is 2.37. The minimum atomic E-state index is -5.84. The number of alkyl halides is 3. The lowest BCUT2D eigenvalue weighted by atomic mass is 9.72. The van der Waals surface area contributed by atoms with Gasteiger partial charge in [0.15, 0.2) is 0 Å². The standard InChI is InChI=1S/C27H30BNO.CHF3O3S/c1-19-13-20(2)16-23(15-19)27(24-17-21(3)14-22(4)18-24)26-11-8-12-29(26)28(30-27)25-9-6-5-7-10-25;2-1(3,4)8(5,6)7/h5-7,9-10,13-18,26H,8,11-12H2,1-4H3;(H,5,6,7)/t26-;/m0./s1. The summed E-state index contributed by atoms with van der Waals surface area (Å²) in [4.78, 5) is 2.60. The zero-order chi connectivity index (χ0) is 27.9. The van der Waals surface area contributed by atoms with Crippen LogP contribution in [-0.2, 0) is 20.4 Å². The first-order valence-electron chi connectivity index (χ1n) is 12.4. The highest BCUT2D eigenvalue weighted by atomic mass is 32.2. The molecule has 2 aliphatic heterocycles. The van der Waals surface area contributed by atoms with Crippen molar-refractivity contribution in [2.24, 2.45) is 0 Å². The van der Waals surface area contributed by atoms with Crippen molar-refractivity contribution in [2.45, 2.75) is 57.7 Å². The molecule has 1 atom stereocenters. The Kier molecular flexibility index (Phi) is 7.83. The van der Waals surface area contributed by atoms with Crippen LogP contribution in [0.3, 0.4) is 0 Å². The van der Waals surface area contributed by atoms with Crippen molar-refractivity contribution in [2.75, 3.05) is 6.54 Å². The van der Waals surface area contributed by atoms with E-state index in [-0.39, 0.29) is 7.05 Å². The largest absolute Gasteiger partial charge is 0.522 e. The number of hydrogen-bond acceptors (Lipinski definition) is 4. The molecule has 0 radical (unpaired) electrons. The van der Waals surface area contributed by atoms with Crippen LogP contribution in [0.2, 0.25) is 0 Å². The number of benzene rings is 3. The zero-order valence-corrected chi connectivity index (χ0v) is 22.6. The Labute approximate surface area is 222 Å². The van der Waals surface area contributed by atoms with E-state index in [0.29, 0.717) is 6.04 Å². The number of nitrogens with zero attached hydrogens (tertiary/aromatic N) is 1. The van der Waals surface area contributed by atoms with Crippen molar-refractivity contribution in [3.8, 4) is 0 Å². The van der Waals surface area contributed by atoms with Gasteiger partial charge in [0.25, 0.3) is 0 Å². The van der Waals surface area contributed by atoms with Crippen LogP contribution in [0, 0.1) is 27.7 Å². The van der Waals surface area contributed by atoms with Crippen LogP contribution in [0.25, 0.3) is 0 Å². The molecule has 10 heteroatoms. The number of fused-ring (bicyclic) bond motifs is 1. The third-order valence-electron chi connectivity index (χ3n) is 7.04. The number of halogens is 3. The molecule has 0 aromatic heterocycles. The van der Waals surface area contributed by atoms with Crippen molar-refractivity contribution in [3.05, 3.63) is 100 Å². The molecule has 0 amide bonds. The SMILES string of the molecule is Cc1cc(C)cc(C2(c3cc(C)cc(C)c3)OB(c3ccccc3)N3CCC[C@H]32)c1.O=S(=O)(O)C(F)(F)F. The van der Waals surface area contributed by atoms with E-state index in [2.05, 4.69) is 99.2 Å². The van der Waals surface area contributed by atoms with E-state index in [1.807, 2.05) is 0 Å². The average molecular weight is 545 g/mol. The minimum Gasteiger partial charge on any atom is -0.402 e. The molecule has 2 aliphatic rings. The summed E-state index contributed by atoms with van der Waals surface area (Å²) in [5.74, 6) is 0. The van der Waals surface area contributed by atoms with E-state index in [1.165, 1.54) is 45.3 Å². The molecule has 0 spiro atoms. The van der Waals surface area contributed by atoms with Gasteiger partial charge in [-0.05, 0) is 63.7 Å². The van der Waals surface area contributed by atoms with Crippen molar-refractivity contribution in [3.63, 3.8) is 0 Å². The molecule has 2 heterocycles. The molecule has 5 nitrogen and oxygen atoms in total. The highest BCUT2D eigenvalue weighted by Crippen LogP contribution is 2.49. The Bertz CT molecular complexity index is 1320. The molecular weight excluding hydrogens is 514 g/mol. The van der Waals surface area contributed by atoms with E-state index in [9.17, 15) is 13.2 Å². The van der Waals surface area contributed by atoms with Crippen LogP contribution in [0.4, 0.5) is 13.2 Å². The fourth-order valence-electron chi connectivity index (χ4n) is 5.77. The van der Waals surface area contributed by atoms with Gasteiger partial charge in [0.1, 0.15) is 5.60 Å². The van der Waals surface area contributed by atoms with E-state index in [1.54, 1.807) is 0 Å². The summed E-state index contributed by atoms with van der Waals surface area (Å²) < 4.78 is 64.8. The Morgan fingerprint density at radius 1 is 0.895 bits per heavy atom. The molecule has 5 rings (SSSR count). The Morgan fingerprint density at radius 3 is 1.76 bits per heavy atom. The summed E-state index contributed by atoms with van der Waals surface area (Å²) in [6, 6.07) is 25.0. The van der Waals surface area contributed by atoms with E-state index in [0.717, 1.165) is 13.0 Å². The first kappa shape index (κ1) is 28.4. The van der Waals surface area contributed by atoms with Gasteiger partial charge in [0.2, 0.25) is 0 Å². The summed E-state index contributed by atoms with van der Waals surface area (Å²) in [7, 11) is -5.85. The molecular formula is C28H31BF3NO4S. The third kappa shape index (κ3) is 5.54. The van der Waals surface area contributed by atoms with Crippen LogP contribution in [0.1, 0.15) is 46.2 Å². The van der Waals surface area contributed by atoms with Crippen LogP contribution in [-0.4, -0.2) is 42.9 Å². The summed E-state index contributed by atoms with van der Waals surface area (Å²) in [5.41, 5.74) is 3.03. The highest BCUT2D eigenvalue weighted by molar-refractivity contribution is 7.86. The summed E-state index contributed by atoms with van der Waals surface area (Å²) >= 11 is 0. The molecule has 38 heavy (non-hydrogen) atoms. The Hall–Kier alpha value is -2.66. The Morgan fingerprint density at radius 2 is 1.34 bits per heavy atom. The van der Waals surface area contributed by atoms with Crippen molar-refractivity contribution >= 4 is 22.6 Å². The predicted octanol–water partition coefficient (Wildman–Crippen LogP) is 5.45. The lowest BCUT2D eigenvalue weighted by Crippen LogP contribution is -2.45. The molecule has 2 fully saturated rings. The second-order valence-electron chi connectivity index (χ2n) is 10.2.